The van der Waals surface area contributed by atoms with Gasteiger partial charge in [-0.2, -0.15) is 5.10 Å². The third-order valence-electron chi connectivity index (χ3n) is 3.99. The Balaban J connectivity index is 1.89. The van der Waals surface area contributed by atoms with Crippen molar-refractivity contribution in [2.45, 2.75) is 32.4 Å². The standard InChI is InChI=1S/C13H17ClN4O2/c1-7-11(14)9(17(2)16-7)6-18-10(19)5-15-13(20)12(18)8-3-4-8/h8,12H,3-6H2,1-2H3,(H,15,20). The molecule has 6 nitrogen and oxygen atoms in total. The average molecular weight is 297 g/mol. The van der Waals surface area contributed by atoms with Crippen molar-refractivity contribution in [1.29, 1.82) is 0 Å². The van der Waals surface area contributed by atoms with E-state index < -0.39 is 0 Å². The van der Waals surface area contributed by atoms with Gasteiger partial charge in [0.25, 0.3) is 0 Å². The molecule has 7 heteroatoms. The van der Waals surface area contributed by atoms with Gasteiger partial charge in [-0.1, -0.05) is 11.6 Å². The highest BCUT2D eigenvalue weighted by molar-refractivity contribution is 6.31. The van der Waals surface area contributed by atoms with E-state index in [0.717, 1.165) is 24.2 Å². The SMILES string of the molecule is Cc1nn(C)c(CN2C(=O)CNC(=O)C2C2CC2)c1Cl. The minimum atomic E-state index is -0.359. The van der Waals surface area contributed by atoms with Crippen LogP contribution in [0, 0.1) is 12.8 Å². The second-order valence-corrected chi connectivity index (χ2v) is 5.87. The molecule has 2 heterocycles. The van der Waals surface area contributed by atoms with Crippen molar-refractivity contribution in [3.05, 3.63) is 16.4 Å². The number of nitrogens with one attached hydrogen (secondary N) is 1. The van der Waals surface area contributed by atoms with Crippen molar-refractivity contribution in [3.63, 3.8) is 0 Å². The lowest BCUT2D eigenvalue weighted by molar-refractivity contribution is -0.147. The maximum atomic E-state index is 12.2. The highest BCUT2D eigenvalue weighted by Crippen LogP contribution is 2.37. The van der Waals surface area contributed by atoms with E-state index in [1.54, 1.807) is 16.6 Å². The number of nitrogens with zero attached hydrogens (tertiary/aromatic N) is 3. The zero-order valence-corrected chi connectivity index (χ0v) is 12.3. The molecule has 1 saturated heterocycles. The Bertz CT molecular complexity index is 579. The second kappa shape index (κ2) is 4.77. The van der Waals surface area contributed by atoms with Gasteiger partial charge in [0.05, 0.1) is 29.5 Å². The third-order valence-corrected chi connectivity index (χ3v) is 4.48. The van der Waals surface area contributed by atoms with E-state index in [-0.39, 0.29) is 30.3 Å². The minimum absolute atomic E-state index is 0.0536. The van der Waals surface area contributed by atoms with E-state index in [0.29, 0.717) is 11.6 Å². The van der Waals surface area contributed by atoms with Gasteiger partial charge in [-0.05, 0) is 25.7 Å². The van der Waals surface area contributed by atoms with Crippen LogP contribution in [-0.2, 0) is 23.2 Å². The summed E-state index contributed by atoms with van der Waals surface area (Å²) < 4.78 is 1.68. The first kappa shape index (κ1) is 13.4. The van der Waals surface area contributed by atoms with E-state index in [9.17, 15) is 9.59 Å². The Kier molecular flexibility index (Phi) is 3.20. The van der Waals surface area contributed by atoms with Crippen LogP contribution in [0.3, 0.4) is 0 Å². The van der Waals surface area contributed by atoms with Gasteiger partial charge < -0.3 is 10.2 Å². The van der Waals surface area contributed by atoms with E-state index in [4.69, 9.17) is 11.6 Å². The molecule has 3 rings (SSSR count). The maximum absolute atomic E-state index is 12.2. The quantitative estimate of drug-likeness (QED) is 0.889. The molecule has 2 aliphatic rings. The molecule has 2 fully saturated rings. The van der Waals surface area contributed by atoms with Crippen LogP contribution < -0.4 is 5.32 Å². The Morgan fingerprint density at radius 2 is 2.10 bits per heavy atom. The van der Waals surface area contributed by atoms with Gasteiger partial charge in [-0.3, -0.25) is 14.3 Å². The molecule has 1 atom stereocenters. The average Bonchev–Trinajstić information content (AvgIpc) is 3.19. The number of piperazine rings is 1. The molecule has 0 spiro atoms. The van der Waals surface area contributed by atoms with Gasteiger partial charge >= 0.3 is 0 Å². The lowest BCUT2D eigenvalue weighted by atomic mass is 10.1. The molecule has 1 N–H and O–H groups in total. The van der Waals surface area contributed by atoms with Gasteiger partial charge in [0.15, 0.2) is 0 Å². The van der Waals surface area contributed by atoms with Gasteiger partial charge in [-0.15, -0.1) is 0 Å². The summed E-state index contributed by atoms with van der Waals surface area (Å²) in [6, 6.07) is -0.359. The molecular weight excluding hydrogens is 280 g/mol. The van der Waals surface area contributed by atoms with Crippen LogP contribution in [0.25, 0.3) is 0 Å². The Hall–Kier alpha value is -1.56. The van der Waals surface area contributed by atoms with Crippen LogP contribution in [0.4, 0.5) is 0 Å². The fourth-order valence-corrected chi connectivity index (χ4v) is 2.97. The molecule has 1 unspecified atom stereocenters. The lowest BCUT2D eigenvalue weighted by Crippen LogP contribution is -2.58. The Morgan fingerprint density at radius 1 is 1.40 bits per heavy atom. The highest BCUT2D eigenvalue weighted by Gasteiger charge is 2.44. The topological polar surface area (TPSA) is 67.2 Å². The summed E-state index contributed by atoms with van der Waals surface area (Å²) in [5.74, 6) is 0.172. The number of halogens is 1. The molecule has 1 aromatic rings. The molecule has 0 bridgehead atoms. The zero-order chi connectivity index (χ0) is 14.4. The Morgan fingerprint density at radius 3 is 2.65 bits per heavy atom. The van der Waals surface area contributed by atoms with Crippen molar-refractivity contribution < 1.29 is 9.59 Å². The van der Waals surface area contributed by atoms with Gasteiger partial charge in [0, 0.05) is 7.05 Å². The van der Waals surface area contributed by atoms with Crippen molar-refractivity contribution in [3.8, 4) is 0 Å². The highest BCUT2D eigenvalue weighted by atomic mass is 35.5. The van der Waals surface area contributed by atoms with E-state index in [1.165, 1.54) is 0 Å². The molecule has 1 aromatic heterocycles. The fourth-order valence-electron chi connectivity index (χ4n) is 2.75. The van der Waals surface area contributed by atoms with E-state index in [2.05, 4.69) is 10.4 Å². The molecule has 1 aliphatic heterocycles. The predicted molar refractivity (Wildman–Crippen MR) is 73.0 cm³/mol. The minimum Gasteiger partial charge on any atom is -0.345 e. The maximum Gasteiger partial charge on any atom is 0.243 e. The second-order valence-electron chi connectivity index (χ2n) is 5.49. The first-order valence-corrected chi connectivity index (χ1v) is 7.12. The normalized spacial score (nSPS) is 23.1. The van der Waals surface area contributed by atoms with Crippen molar-refractivity contribution in [2.75, 3.05) is 6.54 Å². The predicted octanol–water partition coefficient (Wildman–Crippen LogP) is 0.619. The molecule has 0 radical (unpaired) electrons. The number of hydrogen-bond acceptors (Lipinski definition) is 3. The van der Waals surface area contributed by atoms with Gasteiger partial charge in [-0.25, -0.2) is 0 Å². The summed E-state index contributed by atoms with van der Waals surface area (Å²) in [5.41, 5.74) is 1.51. The number of carbonyl (C=O) groups excluding carboxylic acids is 2. The van der Waals surface area contributed by atoms with Crippen LogP contribution in [0.1, 0.15) is 24.2 Å². The van der Waals surface area contributed by atoms with Crippen molar-refractivity contribution >= 4 is 23.4 Å². The van der Waals surface area contributed by atoms with Crippen molar-refractivity contribution in [1.82, 2.24) is 20.0 Å². The van der Waals surface area contributed by atoms with Crippen LogP contribution in [-0.4, -0.2) is 39.1 Å². The molecule has 0 aromatic carbocycles. The molecule has 2 amide bonds. The number of hydrogen-bond donors (Lipinski definition) is 1. The monoisotopic (exact) mass is 296 g/mol. The third kappa shape index (κ3) is 2.18. The summed E-state index contributed by atoms with van der Waals surface area (Å²) in [7, 11) is 1.80. The fraction of sp³-hybridized carbons (Fsp3) is 0.615. The first-order chi connectivity index (χ1) is 9.49. The van der Waals surface area contributed by atoms with E-state index >= 15 is 0 Å². The first-order valence-electron chi connectivity index (χ1n) is 6.74. The molecular formula is C13H17ClN4O2. The molecule has 1 aliphatic carbocycles. The van der Waals surface area contributed by atoms with Crippen LogP contribution in [0.15, 0.2) is 0 Å². The largest absolute Gasteiger partial charge is 0.345 e. The number of aromatic nitrogens is 2. The molecule has 20 heavy (non-hydrogen) atoms. The summed E-state index contributed by atoms with van der Waals surface area (Å²) in [4.78, 5) is 25.8. The summed E-state index contributed by atoms with van der Waals surface area (Å²) >= 11 is 6.24. The summed E-state index contributed by atoms with van der Waals surface area (Å²) in [6.07, 6.45) is 2.00. The van der Waals surface area contributed by atoms with Crippen LogP contribution in [0.5, 0.6) is 0 Å². The smallest absolute Gasteiger partial charge is 0.243 e. The number of amides is 2. The van der Waals surface area contributed by atoms with Gasteiger partial charge in [0.1, 0.15) is 6.04 Å². The molecule has 1 saturated carbocycles. The number of rotatable bonds is 3. The Labute approximate surface area is 122 Å². The summed E-state index contributed by atoms with van der Waals surface area (Å²) in [5, 5.41) is 7.49. The molecule has 108 valence electrons. The van der Waals surface area contributed by atoms with E-state index in [1.807, 2.05) is 6.92 Å². The van der Waals surface area contributed by atoms with Crippen LogP contribution >= 0.6 is 11.6 Å². The lowest BCUT2D eigenvalue weighted by Gasteiger charge is -2.35. The zero-order valence-electron chi connectivity index (χ0n) is 11.5. The number of aryl methyl sites for hydroxylation is 2. The van der Waals surface area contributed by atoms with Gasteiger partial charge in [0.2, 0.25) is 11.8 Å². The summed E-state index contributed by atoms with van der Waals surface area (Å²) in [6.45, 7) is 2.23. The van der Waals surface area contributed by atoms with Crippen LogP contribution in [0.2, 0.25) is 5.02 Å². The number of carbonyl (C=O) groups is 2. The van der Waals surface area contributed by atoms with Crippen molar-refractivity contribution in [2.24, 2.45) is 13.0 Å².